The van der Waals surface area contributed by atoms with Crippen LogP contribution in [-0.2, 0) is 9.84 Å². The van der Waals surface area contributed by atoms with E-state index in [1.165, 1.54) is 0 Å². The lowest BCUT2D eigenvalue weighted by atomic mass is 10.2. The monoisotopic (exact) mass is 421 g/mol. The number of rotatable bonds is 1. The second-order valence-electron chi connectivity index (χ2n) is 7.71. The van der Waals surface area contributed by atoms with Gasteiger partial charge >= 0.3 is 0 Å². The molecule has 2 aromatic heterocycles. The highest BCUT2D eigenvalue weighted by Gasteiger charge is 2.34. The molecule has 0 amide bonds. The van der Waals surface area contributed by atoms with Gasteiger partial charge in [-0.1, -0.05) is 54.6 Å². The maximum atomic E-state index is 13.4. The van der Waals surface area contributed by atoms with Crippen LogP contribution in [0.25, 0.3) is 44.5 Å². The zero-order chi connectivity index (χ0) is 20.7. The van der Waals surface area contributed by atoms with Crippen molar-refractivity contribution in [3.05, 3.63) is 91.0 Å². The van der Waals surface area contributed by atoms with Crippen LogP contribution in [0.1, 0.15) is 0 Å². The summed E-state index contributed by atoms with van der Waals surface area (Å²) in [5.74, 6) is 0.683. The summed E-state index contributed by atoms with van der Waals surface area (Å²) in [6, 6.07) is 28.9. The third-order valence-corrected chi connectivity index (χ3v) is 7.92. The largest absolute Gasteiger partial charge is 0.279 e. The standard InChI is InChI=1S/C25H15N3O2S/c29-31(30)22-14-6-5-13-21(22)28-24-18(10-7-15-23(24)31)26-25(28)27-19-11-3-1-8-16(19)17-9-2-4-12-20(17)27/h1-15H. The summed E-state index contributed by atoms with van der Waals surface area (Å²) in [7, 11) is -3.62. The second-order valence-corrected chi connectivity index (χ2v) is 9.60. The SMILES string of the molecule is O=S1(=O)c2ccccc2-n2c(-n3c4ccccc4c4ccccc43)nc3cccc1c32. The van der Waals surface area contributed by atoms with E-state index >= 15 is 0 Å². The van der Waals surface area contributed by atoms with Crippen molar-refractivity contribution in [3.63, 3.8) is 0 Å². The van der Waals surface area contributed by atoms with Gasteiger partial charge in [0.15, 0.2) is 0 Å². The zero-order valence-corrected chi connectivity index (χ0v) is 17.0. The number of nitrogens with zero attached hydrogens (tertiary/aromatic N) is 3. The van der Waals surface area contributed by atoms with Gasteiger partial charge in [0.1, 0.15) is 0 Å². The molecule has 6 heteroatoms. The van der Waals surface area contributed by atoms with Crippen molar-refractivity contribution in [1.29, 1.82) is 0 Å². The Labute approximate surface area is 177 Å². The molecule has 31 heavy (non-hydrogen) atoms. The minimum absolute atomic E-state index is 0.295. The maximum absolute atomic E-state index is 13.4. The van der Waals surface area contributed by atoms with Gasteiger partial charge in [0.25, 0.3) is 0 Å². The lowest BCUT2D eigenvalue weighted by Crippen LogP contribution is -2.16. The Balaban J connectivity index is 1.75. The smallest absolute Gasteiger partial charge is 0.220 e. The molecule has 4 aromatic carbocycles. The van der Waals surface area contributed by atoms with E-state index < -0.39 is 9.84 Å². The normalized spacial score (nSPS) is 14.3. The Morgan fingerprint density at radius 2 is 1.23 bits per heavy atom. The molecule has 3 heterocycles. The number of sulfone groups is 1. The number of para-hydroxylation sites is 4. The van der Waals surface area contributed by atoms with Crippen LogP contribution >= 0.6 is 0 Å². The van der Waals surface area contributed by atoms with Gasteiger partial charge in [-0.15, -0.1) is 0 Å². The molecule has 0 saturated heterocycles. The van der Waals surface area contributed by atoms with E-state index in [-0.39, 0.29) is 0 Å². The van der Waals surface area contributed by atoms with Crippen LogP contribution in [0.4, 0.5) is 0 Å². The third-order valence-electron chi connectivity index (χ3n) is 6.09. The van der Waals surface area contributed by atoms with Crippen molar-refractivity contribution >= 4 is 42.7 Å². The number of fused-ring (bicyclic) bond motifs is 5. The average molecular weight is 421 g/mol. The molecule has 7 rings (SSSR count). The molecule has 148 valence electrons. The van der Waals surface area contributed by atoms with Gasteiger partial charge < -0.3 is 0 Å². The fourth-order valence-electron chi connectivity index (χ4n) is 4.80. The Morgan fingerprint density at radius 1 is 0.613 bits per heavy atom. The summed E-state index contributed by atoms with van der Waals surface area (Å²) >= 11 is 0. The molecule has 0 saturated carbocycles. The number of hydrogen-bond acceptors (Lipinski definition) is 3. The molecular formula is C25H15N3O2S. The van der Waals surface area contributed by atoms with Gasteiger partial charge in [-0.25, -0.2) is 13.4 Å². The first kappa shape index (κ1) is 16.8. The Bertz CT molecular complexity index is 1760. The van der Waals surface area contributed by atoms with Crippen LogP contribution in [0.2, 0.25) is 0 Å². The molecule has 0 unspecified atom stereocenters. The Kier molecular flexibility index (Phi) is 3.05. The van der Waals surface area contributed by atoms with Crippen LogP contribution < -0.4 is 0 Å². The van der Waals surface area contributed by atoms with Crippen LogP contribution in [0.3, 0.4) is 0 Å². The molecule has 1 aliphatic rings. The molecule has 0 radical (unpaired) electrons. The van der Waals surface area contributed by atoms with Crippen LogP contribution in [-0.4, -0.2) is 22.5 Å². The number of hydrogen-bond donors (Lipinski definition) is 0. The van der Waals surface area contributed by atoms with E-state index in [0.29, 0.717) is 32.5 Å². The first-order valence-electron chi connectivity index (χ1n) is 10.0. The molecule has 5 nitrogen and oxygen atoms in total. The quantitative estimate of drug-likeness (QED) is 0.363. The van der Waals surface area contributed by atoms with Crippen molar-refractivity contribution in [3.8, 4) is 11.6 Å². The highest BCUT2D eigenvalue weighted by molar-refractivity contribution is 7.92. The Hall–Kier alpha value is -3.90. The molecule has 1 aliphatic heterocycles. The maximum Gasteiger partial charge on any atom is 0.220 e. The molecular weight excluding hydrogens is 406 g/mol. The minimum atomic E-state index is -3.62. The molecule has 0 aliphatic carbocycles. The van der Waals surface area contributed by atoms with Crippen molar-refractivity contribution in [2.45, 2.75) is 9.79 Å². The van der Waals surface area contributed by atoms with Crippen LogP contribution in [0.15, 0.2) is 101 Å². The molecule has 6 aromatic rings. The summed E-state index contributed by atoms with van der Waals surface area (Å²) < 4.78 is 30.8. The molecule has 0 N–H and O–H groups in total. The fourth-order valence-corrected chi connectivity index (χ4v) is 6.44. The summed E-state index contributed by atoms with van der Waals surface area (Å²) in [4.78, 5) is 5.55. The highest BCUT2D eigenvalue weighted by atomic mass is 32.2. The highest BCUT2D eigenvalue weighted by Crippen LogP contribution is 2.41. The first-order chi connectivity index (χ1) is 15.2. The number of benzene rings is 4. The van der Waals surface area contributed by atoms with Gasteiger partial charge in [-0.3, -0.25) is 9.13 Å². The summed E-state index contributed by atoms with van der Waals surface area (Å²) in [6.45, 7) is 0. The number of imidazole rings is 1. The lowest BCUT2D eigenvalue weighted by Gasteiger charge is -2.21. The number of aromatic nitrogens is 3. The van der Waals surface area contributed by atoms with Gasteiger partial charge in [0.05, 0.1) is 37.5 Å². The van der Waals surface area contributed by atoms with Crippen molar-refractivity contribution in [2.75, 3.05) is 0 Å². The molecule has 0 bridgehead atoms. The third kappa shape index (κ3) is 2.00. The molecule has 0 spiro atoms. The minimum Gasteiger partial charge on any atom is -0.279 e. The summed E-state index contributed by atoms with van der Waals surface area (Å²) in [5.41, 5.74) is 3.97. The Morgan fingerprint density at radius 3 is 1.97 bits per heavy atom. The van der Waals surface area contributed by atoms with Gasteiger partial charge in [0, 0.05) is 10.8 Å². The van der Waals surface area contributed by atoms with Crippen molar-refractivity contribution < 1.29 is 8.42 Å². The zero-order valence-electron chi connectivity index (χ0n) is 16.2. The first-order valence-corrected chi connectivity index (χ1v) is 11.5. The van der Waals surface area contributed by atoms with E-state index in [4.69, 9.17) is 4.98 Å². The van der Waals surface area contributed by atoms with E-state index in [0.717, 1.165) is 21.8 Å². The summed E-state index contributed by atoms with van der Waals surface area (Å²) in [6.07, 6.45) is 0. The molecule has 0 atom stereocenters. The molecule has 0 fully saturated rings. The van der Waals surface area contributed by atoms with Crippen molar-refractivity contribution in [1.82, 2.24) is 14.1 Å². The predicted octanol–water partition coefficient (Wildman–Crippen LogP) is 5.27. The van der Waals surface area contributed by atoms with Gasteiger partial charge in [0.2, 0.25) is 15.8 Å². The van der Waals surface area contributed by atoms with Crippen LogP contribution in [0.5, 0.6) is 0 Å². The average Bonchev–Trinajstić information content (AvgIpc) is 3.34. The van der Waals surface area contributed by atoms with Gasteiger partial charge in [-0.2, -0.15) is 0 Å². The van der Waals surface area contributed by atoms with Crippen molar-refractivity contribution in [2.24, 2.45) is 0 Å². The lowest BCUT2D eigenvalue weighted by molar-refractivity contribution is 0.594. The topological polar surface area (TPSA) is 56.9 Å². The summed E-state index contributed by atoms with van der Waals surface area (Å²) in [5, 5.41) is 2.27. The van der Waals surface area contributed by atoms with E-state index in [1.807, 2.05) is 47.0 Å². The fraction of sp³-hybridized carbons (Fsp3) is 0. The van der Waals surface area contributed by atoms with E-state index in [2.05, 4.69) is 28.8 Å². The predicted molar refractivity (Wildman–Crippen MR) is 121 cm³/mol. The second kappa shape index (κ2) is 5.62. The van der Waals surface area contributed by atoms with E-state index in [1.54, 1.807) is 24.3 Å². The van der Waals surface area contributed by atoms with Gasteiger partial charge in [-0.05, 0) is 36.4 Å². The van der Waals surface area contributed by atoms with E-state index in [9.17, 15) is 8.42 Å². The van der Waals surface area contributed by atoms with Crippen LogP contribution in [0, 0.1) is 0 Å².